The minimum atomic E-state index is -0.493. The van der Waals surface area contributed by atoms with Gasteiger partial charge in [0.15, 0.2) is 0 Å². The molecule has 0 saturated heterocycles. The average Bonchev–Trinajstić information content (AvgIpc) is 2.69. The highest BCUT2D eigenvalue weighted by atomic mass is 35.5. The standard InChI is InChI=1S/C22H18ClNO3/c23-15-12-10-14(11-13-15)20(25)19-21(26)17-8-4-5-9-18(17)24(22(19)27)16-6-2-1-3-7-16/h1-3,6-7,10-13,26H,4-5,8-9H2. The molecule has 0 radical (unpaired) electrons. The van der Waals surface area contributed by atoms with Crippen LogP contribution in [0.5, 0.6) is 5.75 Å². The molecule has 0 spiro atoms. The van der Waals surface area contributed by atoms with Gasteiger partial charge in [-0.1, -0.05) is 29.8 Å². The van der Waals surface area contributed by atoms with Crippen LogP contribution in [0.15, 0.2) is 59.4 Å². The number of hydrogen-bond acceptors (Lipinski definition) is 3. The zero-order valence-electron chi connectivity index (χ0n) is 14.6. The average molecular weight is 380 g/mol. The Hall–Kier alpha value is -2.85. The van der Waals surface area contributed by atoms with Crippen LogP contribution in [0.25, 0.3) is 5.69 Å². The van der Waals surface area contributed by atoms with E-state index in [4.69, 9.17) is 11.6 Å². The lowest BCUT2D eigenvalue weighted by molar-refractivity contribution is 0.103. The van der Waals surface area contributed by atoms with E-state index < -0.39 is 11.3 Å². The number of aromatic hydroxyl groups is 1. The van der Waals surface area contributed by atoms with E-state index in [1.165, 1.54) is 0 Å². The van der Waals surface area contributed by atoms with E-state index in [-0.39, 0.29) is 11.3 Å². The van der Waals surface area contributed by atoms with Crippen molar-refractivity contribution in [1.29, 1.82) is 0 Å². The summed E-state index contributed by atoms with van der Waals surface area (Å²) in [5.74, 6) is -0.672. The van der Waals surface area contributed by atoms with Crippen LogP contribution in [0.2, 0.25) is 5.02 Å². The van der Waals surface area contributed by atoms with Crippen LogP contribution in [-0.2, 0) is 12.8 Å². The number of fused-ring (bicyclic) bond motifs is 1. The first-order valence-corrected chi connectivity index (χ1v) is 9.31. The molecule has 5 heteroatoms. The van der Waals surface area contributed by atoms with E-state index in [0.717, 1.165) is 18.5 Å². The van der Waals surface area contributed by atoms with E-state index >= 15 is 0 Å². The lowest BCUT2D eigenvalue weighted by Crippen LogP contribution is -2.31. The molecule has 1 aliphatic carbocycles. The highest BCUT2D eigenvalue weighted by Gasteiger charge is 2.28. The van der Waals surface area contributed by atoms with Crippen molar-refractivity contribution in [2.75, 3.05) is 0 Å². The summed E-state index contributed by atoms with van der Waals surface area (Å²) < 4.78 is 1.58. The van der Waals surface area contributed by atoms with Gasteiger partial charge in [-0.25, -0.2) is 0 Å². The molecule has 0 saturated carbocycles. The molecule has 4 nitrogen and oxygen atoms in total. The van der Waals surface area contributed by atoms with Crippen molar-refractivity contribution in [3.63, 3.8) is 0 Å². The lowest BCUT2D eigenvalue weighted by Gasteiger charge is -2.23. The predicted octanol–water partition coefficient (Wildman–Crippen LogP) is 4.31. The molecule has 1 N–H and O–H groups in total. The molecule has 27 heavy (non-hydrogen) atoms. The highest BCUT2D eigenvalue weighted by molar-refractivity contribution is 6.30. The molecule has 2 aromatic carbocycles. The molecular formula is C22H18ClNO3. The number of halogens is 1. The molecule has 1 aromatic heterocycles. The maximum atomic E-state index is 13.3. The highest BCUT2D eigenvalue weighted by Crippen LogP contribution is 2.32. The van der Waals surface area contributed by atoms with Gasteiger partial charge in [-0.15, -0.1) is 0 Å². The monoisotopic (exact) mass is 379 g/mol. The van der Waals surface area contributed by atoms with Gasteiger partial charge in [-0.3, -0.25) is 14.2 Å². The quantitative estimate of drug-likeness (QED) is 0.690. The third-order valence-corrected chi connectivity index (χ3v) is 5.25. The van der Waals surface area contributed by atoms with Gasteiger partial charge in [0, 0.05) is 27.5 Å². The summed E-state index contributed by atoms with van der Waals surface area (Å²) in [6.45, 7) is 0. The van der Waals surface area contributed by atoms with Crippen molar-refractivity contribution in [3.05, 3.63) is 92.4 Å². The summed E-state index contributed by atoms with van der Waals surface area (Å²) in [6, 6.07) is 15.6. The third kappa shape index (κ3) is 3.06. The molecular weight excluding hydrogens is 362 g/mol. The van der Waals surface area contributed by atoms with Crippen molar-refractivity contribution in [1.82, 2.24) is 4.57 Å². The summed E-state index contributed by atoms with van der Waals surface area (Å²) in [6.07, 6.45) is 3.21. The molecule has 136 valence electrons. The fourth-order valence-electron chi connectivity index (χ4n) is 3.68. The number of nitrogens with zero attached hydrogens (tertiary/aromatic N) is 1. The number of carbonyl (C=O) groups excluding carboxylic acids is 1. The Morgan fingerprint density at radius 1 is 0.963 bits per heavy atom. The predicted molar refractivity (Wildman–Crippen MR) is 105 cm³/mol. The number of benzene rings is 2. The van der Waals surface area contributed by atoms with Crippen LogP contribution in [0.4, 0.5) is 0 Å². The smallest absolute Gasteiger partial charge is 0.270 e. The minimum Gasteiger partial charge on any atom is -0.507 e. The van der Waals surface area contributed by atoms with Crippen LogP contribution in [-0.4, -0.2) is 15.5 Å². The van der Waals surface area contributed by atoms with Crippen molar-refractivity contribution in [2.24, 2.45) is 0 Å². The number of hydrogen-bond donors (Lipinski definition) is 1. The van der Waals surface area contributed by atoms with E-state index in [0.29, 0.717) is 34.7 Å². The van der Waals surface area contributed by atoms with Crippen LogP contribution in [0.1, 0.15) is 40.0 Å². The zero-order valence-corrected chi connectivity index (χ0v) is 15.4. The number of aromatic nitrogens is 1. The Balaban J connectivity index is 1.99. The van der Waals surface area contributed by atoms with Crippen molar-refractivity contribution < 1.29 is 9.90 Å². The molecule has 0 fully saturated rings. The first kappa shape index (κ1) is 17.6. The lowest BCUT2D eigenvalue weighted by atomic mass is 9.91. The van der Waals surface area contributed by atoms with E-state index in [1.54, 1.807) is 28.8 Å². The molecule has 0 aliphatic heterocycles. The maximum Gasteiger partial charge on any atom is 0.270 e. The second-order valence-corrected chi connectivity index (χ2v) is 7.10. The number of carbonyl (C=O) groups is 1. The van der Waals surface area contributed by atoms with Crippen LogP contribution in [0, 0.1) is 0 Å². The molecule has 1 aliphatic rings. The van der Waals surface area contributed by atoms with Crippen LogP contribution >= 0.6 is 11.6 Å². The number of pyridine rings is 1. The second kappa shape index (κ2) is 7.05. The summed E-state index contributed by atoms with van der Waals surface area (Å²) >= 11 is 5.90. The number of rotatable bonds is 3. The molecule has 0 unspecified atom stereocenters. The Morgan fingerprint density at radius 3 is 2.33 bits per heavy atom. The Morgan fingerprint density at radius 2 is 1.63 bits per heavy atom. The summed E-state index contributed by atoms with van der Waals surface area (Å²) in [7, 11) is 0. The molecule has 0 bridgehead atoms. The summed E-state index contributed by atoms with van der Waals surface area (Å²) in [4.78, 5) is 26.4. The van der Waals surface area contributed by atoms with Gasteiger partial charge in [-0.2, -0.15) is 0 Å². The first-order chi connectivity index (χ1) is 13.1. The van der Waals surface area contributed by atoms with Crippen LogP contribution in [0.3, 0.4) is 0 Å². The van der Waals surface area contributed by atoms with E-state index in [1.807, 2.05) is 30.3 Å². The van der Waals surface area contributed by atoms with Gasteiger partial charge < -0.3 is 5.11 Å². The largest absolute Gasteiger partial charge is 0.507 e. The topological polar surface area (TPSA) is 59.3 Å². The zero-order chi connectivity index (χ0) is 19.0. The second-order valence-electron chi connectivity index (χ2n) is 6.67. The minimum absolute atomic E-state index is 0.179. The molecule has 1 heterocycles. The van der Waals surface area contributed by atoms with Crippen molar-refractivity contribution in [3.8, 4) is 11.4 Å². The van der Waals surface area contributed by atoms with Gasteiger partial charge in [0.1, 0.15) is 11.3 Å². The summed E-state index contributed by atoms with van der Waals surface area (Å²) in [5, 5.41) is 11.3. The van der Waals surface area contributed by atoms with Crippen molar-refractivity contribution >= 4 is 17.4 Å². The first-order valence-electron chi connectivity index (χ1n) is 8.93. The van der Waals surface area contributed by atoms with Gasteiger partial charge in [0.25, 0.3) is 5.56 Å². The number of para-hydroxylation sites is 1. The van der Waals surface area contributed by atoms with Crippen molar-refractivity contribution in [2.45, 2.75) is 25.7 Å². The van der Waals surface area contributed by atoms with Gasteiger partial charge in [0.2, 0.25) is 5.78 Å². The Bertz CT molecular complexity index is 1070. The fraction of sp³-hybridized carbons (Fsp3) is 0.182. The fourth-order valence-corrected chi connectivity index (χ4v) is 3.80. The normalized spacial score (nSPS) is 13.2. The van der Waals surface area contributed by atoms with Gasteiger partial charge >= 0.3 is 0 Å². The van der Waals surface area contributed by atoms with E-state index in [2.05, 4.69) is 0 Å². The SMILES string of the molecule is O=C(c1ccc(Cl)cc1)c1c(O)c2c(n(-c3ccccc3)c1=O)CCCC2. The molecule has 0 amide bonds. The van der Waals surface area contributed by atoms with Gasteiger partial charge in [-0.05, 0) is 62.1 Å². The molecule has 0 atom stereocenters. The maximum absolute atomic E-state index is 13.3. The van der Waals surface area contributed by atoms with E-state index in [9.17, 15) is 14.7 Å². The Kier molecular flexibility index (Phi) is 4.58. The van der Waals surface area contributed by atoms with Crippen LogP contribution < -0.4 is 5.56 Å². The third-order valence-electron chi connectivity index (χ3n) is 5.00. The molecule has 3 aromatic rings. The number of ketones is 1. The van der Waals surface area contributed by atoms with Gasteiger partial charge in [0.05, 0.1) is 0 Å². The Labute approximate surface area is 161 Å². The summed E-state index contributed by atoms with van der Waals surface area (Å²) in [5.41, 5.74) is 1.85. The molecule has 4 rings (SSSR count).